The highest BCUT2D eigenvalue weighted by molar-refractivity contribution is 7.07. The molecule has 1 saturated heterocycles. The topological polar surface area (TPSA) is 167 Å². The van der Waals surface area contributed by atoms with Crippen LogP contribution in [0, 0.1) is 0 Å². The lowest BCUT2D eigenvalue weighted by atomic mass is 10.1. The van der Waals surface area contributed by atoms with Crippen LogP contribution in [-0.4, -0.2) is 62.6 Å². The summed E-state index contributed by atoms with van der Waals surface area (Å²) in [5.41, 5.74) is 9.93. The number of rotatable bonds is 10. The number of carbonyl (C=O) groups is 3. The molecule has 2 amide bonds. The predicted octanol–water partition coefficient (Wildman–Crippen LogP) is -0.0198. The van der Waals surface area contributed by atoms with E-state index in [2.05, 4.69) is 25.9 Å². The number of nitrogens with zero attached hydrogens (tertiary/aromatic N) is 4. The number of amides is 2. The minimum Gasteiger partial charge on any atom is -0.464 e. The highest BCUT2D eigenvalue weighted by atomic mass is 32.1. The first kappa shape index (κ1) is 23.3. The van der Waals surface area contributed by atoms with Crippen molar-refractivity contribution in [3.63, 3.8) is 0 Å². The van der Waals surface area contributed by atoms with Gasteiger partial charge in [-0.05, 0) is 31.2 Å². The van der Waals surface area contributed by atoms with Gasteiger partial charge < -0.3 is 25.8 Å². The molecule has 0 saturated carbocycles. The number of nitrogen functional groups attached to an aromatic ring is 1. The Morgan fingerprint density at radius 1 is 1.24 bits per heavy atom. The Kier molecular flexibility index (Phi) is 7.13. The van der Waals surface area contributed by atoms with Gasteiger partial charge in [-0.25, -0.2) is 14.5 Å². The maximum Gasteiger partial charge on any atom is 0.338 e. The molecular weight excluding hydrogens is 462 g/mol. The first-order chi connectivity index (χ1) is 16.4. The maximum atomic E-state index is 12.9. The Balaban J connectivity index is 1.36. The molecule has 0 unspecified atom stereocenters. The molecule has 3 aromatic rings. The molecule has 0 aliphatic carbocycles. The van der Waals surface area contributed by atoms with Crippen LogP contribution in [0.15, 0.2) is 41.4 Å². The largest absolute Gasteiger partial charge is 0.464 e. The van der Waals surface area contributed by atoms with Gasteiger partial charge in [0.15, 0.2) is 12.2 Å². The highest BCUT2D eigenvalue weighted by Crippen LogP contribution is 2.24. The van der Waals surface area contributed by atoms with E-state index in [1.807, 2.05) is 0 Å². The summed E-state index contributed by atoms with van der Waals surface area (Å²) in [6.07, 6.45) is -0.0754. The van der Waals surface area contributed by atoms with Gasteiger partial charge in [0.05, 0.1) is 36.2 Å². The monoisotopic (exact) mass is 485 g/mol. The molecule has 3 atom stereocenters. The summed E-state index contributed by atoms with van der Waals surface area (Å²) in [5.74, 6) is -1.60. The van der Waals surface area contributed by atoms with Crippen molar-refractivity contribution in [2.75, 3.05) is 12.3 Å². The average Bonchev–Trinajstić information content (AvgIpc) is 3.21. The summed E-state index contributed by atoms with van der Waals surface area (Å²) in [6.45, 7) is 1.95. The van der Waals surface area contributed by atoms with E-state index in [-0.39, 0.29) is 19.6 Å². The summed E-state index contributed by atoms with van der Waals surface area (Å²) in [6, 6.07) is 6.18. The molecule has 1 aliphatic rings. The minimum absolute atomic E-state index is 0.0998. The number of anilines is 1. The van der Waals surface area contributed by atoms with Gasteiger partial charge in [-0.3, -0.25) is 9.59 Å². The molecule has 12 nitrogen and oxygen atoms in total. The van der Waals surface area contributed by atoms with Gasteiger partial charge in [0.2, 0.25) is 5.91 Å². The third kappa shape index (κ3) is 5.74. The van der Waals surface area contributed by atoms with Gasteiger partial charge in [0, 0.05) is 17.5 Å². The molecule has 1 fully saturated rings. The van der Waals surface area contributed by atoms with Crippen LogP contribution in [0.25, 0.3) is 5.69 Å². The third-order valence-corrected chi connectivity index (χ3v) is 5.58. The summed E-state index contributed by atoms with van der Waals surface area (Å²) in [7, 11) is 0. The molecular formula is C21H23N7O5S. The number of aromatic nitrogens is 4. The van der Waals surface area contributed by atoms with E-state index in [9.17, 15) is 14.4 Å². The SMILES string of the molecule is CCOC(=O)[C@H]1O[C@@H]1C(=O)N[C@@H](Cc1cscn1)C(=O)NCc1cn(-c2ccc(N)cc2)nn1. The maximum absolute atomic E-state index is 12.9. The van der Waals surface area contributed by atoms with Crippen molar-refractivity contribution in [3.05, 3.63) is 52.7 Å². The van der Waals surface area contributed by atoms with Crippen LogP contribution in [0.2, 0.25) is 0 Å². The van der Waals surface area contributed by atoms with E-state index < -0.39 is 36.0 Å². The fourth-order valence-corrected chi connectivity index (χ4v) is 3.73. The van der Waals surface area contributed by atoms with Gasteiger partial charge >= 0.3 is 5.97 Å². The lowest BCUT2D eigenvalue weighted by Crippen LogP contribution is -2.49. The smallest absolute Gasteiger partial charge is 0.338 e. The van der Waals surface area contributed by atoms with Crippen LogP contribution < -0.4 is 16.4 Å². The number of nitrogens with one attached hydrogen (secondary N) is 2. The summed E-state index contributed by atoms with van der Waals surface area (Å²) in [4.78, 5) is 41.4. The van der Waals surface area contributed by atoms with Crippen molar-refractivity contribution in [2.45, 2.75) is 38.1 Å². The van der Waals surface area contributed by atoms with E-state index >= 15 is 0 Å². The van der Waals surface area contributed by atoms with Crippen molar-refractivity contribution in [1.29, 1.82) is 0 Å². The van der Waals surface area contributed by atoms with Crippen molar-refractivity contribution in [3.8, 4) is 5.69 Å². The Bertz CT molecular complexity index is 1150. The second-order valence-corrected chi connectivity index (χ2v) is 8.16. The zero-order valence-corrected chi connectivity index (χ0v) is 19.0. The number of ether oxygens (including phenoxy) is 2. The molecule has 4 rings (SSSR count). The number of nitrogens with two attached hydrogens (primary N) is 1. The van der Waals surface area contributed by atoms with Crippen LogP contribution in [0.4, 0.5) is 5.69 Å². The van der Waals surface area contributed by atoms with Gasteiger partial charge in [-0.15, -0.1) is 16.4 Å². The van der Waals surface area contributed by atoms with Crippen LogP contribution >= 0.6 is 11.3 Å². The second-order valence-electron chi connectivity index (χ2n) is 7.44. The number of hydrogen-bond donors (Lipinski definition) is 3. The first-order valence-electron chi connectivity index (χ1n) is 10.5. The molecule has 1 aliphatic heterocycles. The Labute approximate surface area is 198 Å². The van der Waals surface area contributed by atoms with Gasteiger partial charge in [-0.2, -0.15) is 0 Å². The zero-order chi connectivity index (χ0) is 24.1. The second kappa shape index (κ2) is 10.4. The van der Waals surface area contributed by atoms with Crippen molar-refractivity contribution in [2.24, 2.45) is 0 Å². The van der Waals surface area contributed by atoms with Gasteiger partial charge in [0.1, 0.15) is 11.7 Å². The number of esters is 1. The molecule has 3 heterocycles. The zero-order valence-electron chi connectivity index (χ0n) is 18.2. The van der Waals surface area contributed by atoms with Gasteiger partial charge in [-0.1, -0.05) is 5.21 Å². The van der Waals surface area contributed by atoms with Gasteiger partial charge in [0.25, 0.3) is 5.91 Å². The molecule has 1 aromatic carbocycles. The van der Waals surface area contributed by atoms with E-state index in [0.29, 0.717) is 17.1 Å². The number of benzene rings is 1. The molecule has 4 N–H and O–H groups in total. The number of thiazole rings is 1. The first-order valence-corrected chi connectivity index (χ1v) is 11.4. The predicted molar refractivity (Wildman–Crippen MR) is 121 cm³/mol. The van der Waals surface area contributed by atoms with E-state index in [1.165, 1.54) is 11.3 Å². The number of epoxide rings is 1. The Morgan fingerprint density at radius 2 is 2.03 bits per heavy atom. The van der Waals surface area contributed by atoms with Crippen molar-refractivity contribution >= 4 is 34.8 Å². The average molecular weight is 486 g/mol. The number of hydrogen-bond acceptors (Lipinski definition) is 10. The van der Waals surface area contributed by atoms with E-state index in [4.69, 9.17) is 15.2 Å². The quantitative estimate of drug-likeness (QED) is 0.203. The Hall–Kier alpha value is -3.84. The molecule has 13 heteroatoms. The van der Waals surface area contributed by atoms with Crippen LogP contribution in [0.5, 0.6) is 0 Å². The van der Waals surface area contributed by atoms with Crippen LogP contribution in [-0.2, 0) is 36.8 Å². The number of carbonyl (C=O) groups excluding carboxylic acids is 3. The fourth-order valence-electron chi connectivity index (χ4n) is 3.16. The molecule has 2 aromatic heterocycles. The normalized spacial score (nSPS) is 17.6. The summed E-state index contributed by atoms with van der Waals surface area (Å²) in [5, 5.41) is 15.3. The highest BCUT2D eigenvalue weighted by Gasteiger charge is 2.52. The van der Waals surface area contributed by atoms with E-state index in [0.717, 1.165) is 5.69 Å². The summed E-state index contributed by atoms with van der Waals surface area (Å²) >= 11 is 1.38. The van der Waals surface area contributed by atoms with E-state index in [1.54, 1.807) is 53.0 Å². The molecule has 0 spiro atoms. The van der Waals surface area contributed by atoms with Crippen molar-refractivity contribution < 1.29 is 23.9 Å². The minimum atomic E-state index is -0.982. The van der Waals surface area contributed by atoms with Crippen LogP contribution in [0.3, 0.4) is 0 Å². The lowest BCUT2D eigenvalue weighted by molar-refractivity contribution is -0.144. The van der Waals surface area contributed by atoms with Crippen molar-refractivity contribution in [1.82, 2.24) is 30.6 Å². The molecule has 34 heavy (non-hydrogen) atoms. The Morgan fingerprint density at radius 3 is 2.74 bits per heavy atom. The molecule has 0 radical (unpaired) electrons. The molecule has 0 bridgehead atoms. The summed E-state index contributed by atoms with van der Waals surface area (Å²) < 4.78 is 11.6. The third-order valence-electron chi connectivity index (χ3n) is 4.94. The fraction of sp³-hybridized carbons (Fsp3) is 0.333. The molecule has 178 valence electrons. The lowest BCUT2D eigenvalue weighted by Gasteiger charge is -2.17. The van der Waals surface area contributed by atoms with Crippen LogP contribution in [0.1, 0.15) is 18.3 Å². The standard InChI is InChI=1S/C21H23N7O5S/c1-2-32-21(31)18-17(33-18)20(30)25-16(7-13-10-34-11-24-13)19(29)23-8-14-9-28(27-26-14)15-5-3-12(22)4-6-15/h3-6,9-11,16-18H,2,7-8,22H2,1H3,(H,23,29)(H,25,30)/t16-,17-,18-/m0/s1.